The largest absolute Gasteiger partial charge is 0.466 e. The molecule has 1 aromatic rings. The zero-order chi connectivity index (χ0) is 13.5. The maximum Gasteiger partial charge on any atom is 0.330 e. The van der Waals surface area contributed by atoms with Gasteiger partial charge in [-0.2, -0.15) is 0 Å². The van der Waals surface area contributed by atoms with Crippen LogP contribution >= 0.6 is 0 Å². The van der Waals surface area contributed by atoms with E-state index in [9.17, 15) is 14.7 Å². The third-order valence-corrected chi connectivity index (χ3v) is 2.56. The number of methoxy groups -OCH3 is 1. The van der Waals surface area contributed by atoms with Crippen molar-refractivity contribution < 1.29 is 19.4 Å². The van der Waals surface area contributed by atoms with Gasteiger partial charge in [0.2, 0.25) is 0 Å². The van der Waals surface area contributed by atoms with Gasteiger partial charge in [0.15, 0.2) is 5.78 Å². The van der Waals surface area contributed by atoms with Gasteiger partial charge in [0.25, 0.3) is 0 Å². The first-order valence-electron chi connectivity index (χ1n) is 5.59. The van der Waals surface area contributed by atoms with Gasteiger partial charge in [-0.25, -0.2) is 4.79 Å². The van der Waals surface area contributed by atoms with E-state index >= 15 is 0 Å². The van der Waals surface area contributed by atoms with Crippen molar-refractivity contribution in [2.75, 3.05) is 7.11 Å². The quantitative estimate of drug-likeness (QED) is 0.488. The number of ether oxygens (including phenoxy) is 1. The number of hydrogen-bond acceptors (Lipinski definition) is 4. The number of aliphatic hydroxyl groups is 1. The van der Waals surface area contributed by atoms with Crippen LogP contribution in [0.2, 0.25) is 0 Å². The first-order valence-corrected chi connectivity index (χ1v) is 5.59. The molecule has 2 atom stereocenters. The molecule has 0 aliphatic carbocycles. The maximum atomic E-state index is 11.9. The normalized spacial score (nSPS) is 14.2. The molecule has 1 N–H and O–H groups in total. The van der Waals surface area contributed by atoms with Crippen LogP contribution in [0.3, 0.4) is 0 Å². The Morgan fingerprint density at radius 3 is 2.44 bits per heavy atom. The van der Waals surface area contributed by atoms with Gasteiger partial charge in [0.1, 0.15) is 6.10 Å². The van der Waals surface area contributed by atoms with Crippen molar-refractivity contribution >= 4 is 11.8 Å². The molecular formula is C14H16O4. The second-order valence-electron chi connectivity index (χ2n) is 3.92. The zero-order valence-electron chi connectivity index (χ0n) is 10.4. The number of esters is 1. The summed E-state index contributed by atoms with van der Waals surface area (Å²) < 4.78 is 4.43. The molecule has 1 rings (SSSR count). The standard InChI is InChI=1S/C14H16O4/c1-10(8-9-12(15)18-2)13(16)14(17)11-6-4-3-5-7-11/h3-10,13,16H,1-2H3/b9-8+/t10-,13-/m1/s1. The Morgan fingerprint density at radius 1 is 1.28 bits per heavy atom. The average molecular weight is 248 g/mol. The molecule has 4 heteroatoms. The number of aliphatic hydroxyl groups excluding tert-OH is 1. The van der Waals surface area contributed by atoms with Crippen LogP contribution in [0.1, 0.15) is 17.3 Å². The van der Waals surface area contributed by atoms with E-state index in [0.717, 1.165) is 0 Å². The highest BCUT2D eigenvalue weighted by molar-refractivity contribution is 5.99. The molecule has 4 nitrogen and oxygen atoms in total. The minimum Gasteiger partial charge on any atom is -0.466 e. The second kappa shape index (κ2) is 6.71. The van der Waals surface area contributed by atoms with Gasteiger partial charge in [-0.3, -0.25) is 4.79 Å². The van der Waals surface area contributed by atoms with E-state index in [1.165, 1.54) is 19.3 Å². The molecule has 0 heterocycles. The highest BCUT2D eigenvalue weighted by Gasteiger charge is 2.21. The van der Waals surface area contributed by atoms with Crippen molar-refractivity contribution in [3.8, 4) is 0 Å². The van der Waals surface area contributed by atoms with Crippen LogP contribution in [0.25, 0.3) is 0 Å². The SMILES string of the molecule is COC(=O)/C=C/[C@@H](C)[C@@H](O)C(=O)c1ccccc1. The van der Waals surface area contributed by atoms with Crippen molar-refractivity contribution in [2.45, 2.75) is 13.0 Å². The van der Waals surface area contributed by atoms with Gasteiger partial charge in [0.05, 0.1) is 7.11 Å². The summed E-state index contributed by atoms with van der Waals surface area (Å²) in [6.07, 6.45) is 1.48. The number of carbonyl (C=O) groups excluding carboxylic acids is 2. The fraction of sp³-hybridized carbons (Fsp3) is 0.286. The third kappa shape index (κ3) is 3.82. The number of Topliss-reactive ketones (excluding diaryl/α,β-unsaturated/α-hetero) is 1. The maximum absolute atomic E-state index is 11.9. The van der Waals surface area contributed by atoms with Crippen molar-refractivity contribution in [2.24, 2.45) is 5.92 Å². The lowest BCUT2D eigenvalue weighted by molar-refractivity contribution is -0.134. The molecule has 96 valence electrons. The van der Waals surface area contributed by atoms with Gasteiger partial charge in [-0.15, -0.1) is 0 Å². The summed E-state index contributed by atoms with van der Waals surface area (Å²) in [5.41, 5.74) is 0.448. The minimum atomic E-state index is -1.17. The molecule has 0 radical (unpaired) electrons. The Labute approximate surface area is 106 Å². The summed E-state index contributed by atoms with van der Waals surface area (Å²) in [6, 6.07) is 8.54. The number of rotatable bonds is 5. The Balaban J connectivity index is 2.70. The topological polar surface area (TPSA) is 63.6 Å². The van der Waals surface area contributed by atoms with Gasteiger partial charge in [-0.05, 0) is 0 Å². The molecule has 18 heavy (non-hydrogen) atoms. The van der Waals surface area contributed by atoms with E-state index in [1.807, 2.05) is 0 Å². The molecule has 0 bridgehead atoms. The summed E-state index contributed by atoms with van der Waals surface area (Å²) in [6.45, 7) is 1.66. The van der Waals surface area contributed by atoms with Crippen LogP contribution in [0.4, 0.5) is 0 Å². The Hall–Kier alpha value is -1.94. The molecule has 0 aliphatic rings. The van der Waals surface area contributed by atoms with E-state index in [4.69, 9.17) is 0 Å². The van der Waals surface area contributed by atoms with E-state index in [0.29, 0.717) is 5.56 Å². The summed E-state index contributed by atoms with van der Waals surface area (Å²) >= 11 is 0. The molecule has 0 unspecified atom stereocenters. The van der Waals surface area contributed by atoms with Crippen molar-refractivity contribution in [1.82, 2.24) is 0 Å². The smallest absolute Gasteiger partial charge is 0.330 e. The highest BCUT2D eigenvalue weighted by Crippen LogP contribution is 2.12. The van der Waals surface area contributed by atoms with Crippen LogP contribution < -0.4 is 0 Å². The molecule has 0 amide bonds. The number of carbonyl (C=O) groups is 2. The second-order valence-corrected chi connectivity index (χ2v) is 3.92. The zero-order valence-corrected chi connectivity index (χ0v) is 10.4. The van der Waals surface area contributed by atoms with E-state index in [1.54, 1.807) is 37.3 Å². The molecule has 0 aromatic heterocycles. The van der Waals surface area contributed by atoms with Crippen molar-refractivity contribution in [3.63, 3.8) is 0 Å². The highest BCUT2D eigenvalue weighted by atomic mass is 16.5. The summed E-state index contributed by atoms with van der Waals surface area (Å²) in [7, 11) is 1.27. The first kappa shape index (κ1) is 14.1. The van der Waals surface area contributed by atoms with Gasteiger partial charge in [0, 0.05) is 17.6 Å². The van der Waals surface area contributed by atoms with Crippen LogP contribution in [0.15, 0.2) is 42.5 Å². The van der Waals surface area contributed by atoms with Crippen LogP contribution in [-0.2, 0) is 9.53 Å². The van der Waals surface area contributed by atoms with E-state index < -0.39 is 18.0 Å². The summed E-state index contributed by atoms with van der Waals surface area (Å²) in [4.78, 5) is 22.8. The fourth-order valence-electron chi connectivity index (χ4n) is 1.42. The summed E-state index contributed by atoms with van der Waals surface area (Å²) in [5, 5.41) is 9.87. The Kier molecular flexibility index (Phi) is 5.27. The predicted octanol–water partition coefficient (Wildman–Crippen LogP) is 1.60. The lowest BCUT2D eigenvalue weighted by atomic mass is 9.96. The number of hydrogen-bond donors (Lipinski definition) is 1. The average Bonchev–Trinajstić information content (AvgIpc) is 2.43. The van der Waals surface area contributed by atoms with E-state index in [2.05, 4.69) is 4.74 Å². The summed E-state index contributed by atoms with van der Waals surface area (Å²) in [5.74, 6) is -1.34. The fourth-order valence-corrected chi connectivity index (χ4v) is 1.42. The lowest BCUT2D eigenvalue weighted by Crippen LogP contribution is -2.26. The Bertz CT molecular complexity index is 436. The Morgan fingerprint density at radius 2 is 1.89 bits per heavy atom. The van der Waals surface area contributed by atoms with Crippen LogP contribution in [0, 0.1) is 5.92 Å². The molecular weight excluding hydrogens is 232 g/mol. The minimum absolute atomic E-state index is 0.363. The molecule has 1 aromatic carbocycles. The lowest BCUT2D eigenvalue weighted by Gasteiger charge is -2.14. The monoisotopic (exact) mass is 248 g/mol. The van der Waals surface area contributed by atoms with Crippen LogP contribution in [-0.4, -0.2) is 30.1 Å². The number of ketones is 1. The predicted molar refractivity (Wildman–Crippen MR) is 67.1 cm³/mol. The number of benzene rings is 1. The van der Waals surface area contributed by atoms with Crippen molar-refractivity contribution in [1.29, 1.82) is 0 Å². The first-order chi connectivity index (χ1) is 8.56. The molecule has 0 saturated heterocycles. The molecule has 0 saturated carbocycles. The van der Waals surface area contributed by atoms with Gasteiger partial charge >= 0.3 is 5.97 Å². The van der Waals surface area contributed by atoms with Gasteiger partial charge < -0.3 is 9.84 Å². The van der Waals surface area contributed by atoms with Gasteiger partial charge in [-0.1, -0.05) is 43.3 Å². The third-order valence-electron chi connectivity index (χ3n) is 2.56. The van der Waals surface area contributed by atoms with Crippen LogP contribution in [0.5, 0.6) is 0 Å². The molecule has 0 aliphatic heterocycles. The van der Waals surface area contributed by atoms with Crippen molar-refractivity contribution in [3.05, 3.63) is 48.0 Å². The molecule has 0 fully saturated rings. The van der Waals surface area contributed by atoms with E-state index in [-0.39, 0.29) is 5.78 Å². The molecule has 0 spiro atoms.